The van der Waals surface area contributed by atoms with Crippen LogP contribution in [0.3, 0.4) is 0 Å². The van der Waals surface area contributed by atoms with Crippen molar-refractivity contribution in [1.29, 1.82) is 0 Å². The summed E-state index contributed by atoms with van der Waals surface area (Å²) in [5.41, 5.74) is 3.86. The maximum Gasteiger partial charge on any atom is 0.274 e. The first-order chi connectivity index (χ1) is 16.6. The van der Waals surface area contributed by atoms with Crippen LogP contribution >= 0.6 is 46.9 Å². The molecule has 34 heavy (non-hydrogen) atoms. The number of hydrogen-bond donors (Lipinski definition) is 0. The molecule has 0 spiro atoms. The molecule has 0 aliphatic heterocycles. The van der Waals surface area contributed by atoms with E-state index in [1.165, 1.54) is 11.3 Å². The first-order valence-electron chi connectivity index (χ1n) is 10.7. The second-order valence-corrected chi connectivity index (χ2v) is 10.8. The van der Waals surface area contributed by atoms with Gasteiger partial charge < -0.3 is 4.57 Å². The van der Waals surface area contributed by atoms with Crippen molar-refractivity contribution in [3.05, 3.63) is 121 Å². The normalized spacial score (nSPS) is 11.2. The molecule has 0 saturated heterocycles. The van der Waals surface area contributed by atoms with Crippen molar-refractivity contribution >= 4 is 57.3 Å². The Morgan fingerprint density at radius 1 is 0.824 bits per heavy atom. The molecule has 8 heteroatoms. The molecular weight excluding hydrogens is 502 g/mol. The van der Waals surface area contributed by atoms with Crippen LogP contribution in [0.4, 0.5) is 0 Å². The van der Waals surface area contributed by atoms with Crippen LogP contribution < -0.4 is 5.56 Å². The van der Waals surface area contributed by atoms with Gasteiger partial charge in [0.15, 0.2) is 14.8 Å². The second-order valence-electron chi connectivity index (χ2n) is 7.78. The largest absolute Gasteiger partial charge is 0.303 e. The number of benzene rings is 3. The average molecular weight is 522 g/mol. The molecule has 0 saturated carbocycles. The summed E-state index contributed by atoms with van der Waals surface area (Å²) in [4.78, 5) is 18.7. The van der Waals surface area contributed by atoms with E-state index in [4.69, 9.17) is 28.8 Å². The third kappa shape index (κ3) is 5.03. The Hall–Kier alpha value is -2.71. The van der Waals surface area contributed by atoms with Gasteiger partial charge >= 0.3 is 0 Å². The van der Waals surface area contributed by atoms with E-state index in [0.29, 0.717) is 43.3 Å². The molecule has 2 aromatic heterocycles. The molecule has 0 radical (unpaired) electrons. The molecular formula is C26H20ClN3OS3. The Labute approximate surface area is 215 Å². The Balaban J connectivity index is 1.60. The summed E-state index contributed by atoms with van der Waals surface area (Å²) in [6.07, 6.45) is 0. The van der Waals surface area contributed by atoms with E-state index in [0.717, 1.165) is 16.7 Å². The quantitative estimate of drug-likeness (QED) is 0.131. The topological polar surface area (TPSA) is 39.8 Å². The standard InChI is InChI=1S/C26H20ClN3OS3/c27-21-13-11-20(12-14-21)17-33-25-28-23-22(24(31)30(25)16-19-9-5-2-6-10-19)34-26(32)29(23)15-18-7-3-1-4-8-18/h1-14H,15-17H2. The molecule has 170 valence electrons. The third-order valence-electron chi connectivity index (χ3n) is 5.39. The second kappa shape index (κ2) is 10.3. The summed E-state index contributed by atoms with van der Waals surface area (Å²) >= 11 is 14.6. The molecule has 0 aliphatic carbocycles. The minimum atomic E-state index is -0.0598. The van der Waals surface area contributed by atoms with Gasteiger partial charge in [-0.1, -0.05) is 107 Å². The van der Waals surface area contributed by atoms with Gasteiger partial charge in [0, 0.05) is 10.8 Å². The molecule has 3 aromatic carbocycles. The number of aromatic nitrogens is 3. The number of halogens is 1. The van der Waals surface area contributed by atoms with E-state index in [1.807, 2.05) is 77.4 Å². The lowest BCUT2D eigenvalue weighted by molar-refractivity contribution is 0.652. The average Bonchev–Trinajstić information content (AvgIpc) is 3.17. The van der Waals surface area contributed by atoms with Gasteiger partial charge in [-0.3, -0.25) is 9.36 Å². The van der Waals surface area contributed by atoms with E-state index in [-0.39, 0.29) is 5.56 Å². The number of rotatable bonds is 7. The van der Waals surface area contributed by atoms with Crippen molar-refractivity contribution in [2.45, 2.75) is 24.0 Å². The molecule has 5 rings (SSSR count). The van der Waals surface area contributed by atoms with Crippen molar-refractivity contribution in [3.63, 3.8) is 0 Å². The molecule has 0 aliphatic rings. The van der Waals surface area contributed by atoms with E-state index in [2.05, 4.69) is 12.1 Å². The van der Waals surface area contributed by atoms with Crippen molar-refractivity contribution < 1.29 is 0 Å². The Morgan fingerprint density at radius 2 is 1.41 bits per heavy atom. The van der Waals surface area contributed by atoms with Crippen LogP contribution in [0.2, 0.25) is 5.02 Å². The lowest BCUT2D eigenvalue weighted by Crippen LogP contribution is -2.24. The molecule has 0 unspecified atom stereocenters. The highest BCUT2D eigenvalue weighted by Gasteiger charge is 2.18. The van der Waals surface area contributed by atoms with Crippen LogP contribution in [0, 0.1) is 3.95 Å². The zero-order valence-corrected chi connectivity index (χ0v) is 21.3. The molecule has 0 amide bonds. The van der Waals surface area contributed by atoms with Crippen molar-refractivity contribution in [2.24, 2.45) is 0 Å². The summed E-state index contributed by atoms with van der Waals surface area (Å²) in [6, 6.07) is 27.8. The van der Waals surface area contributed by atoms with Gasteiger partial charge in [-0.25, -0.2) is 4.98 Å². The maximum absolute atomic E-state index is 13.7. The lowest BCUT2D eigenvalue weighted by Gasteiger charge is -2.13. The van der Waals surface area contributed by atoms with Crippen molar-refractivity contribution in [3.8, 4) is 0 Å². The first kappa shape index (κ1) is 23.1. The Kier molecular flexibility index (Phi) is 6.97. The van der Waals surface area contributed by atoms with E-state index in [1.54, 1.807) is 16.3 Å². The molecule has 4 nitrogen and oxygen atoms in total. The predicted molar refractivity (Wildman–Crippen MR) is 145 cm³/mol. The fourth-order valence-corrected chi connectivity index (χ4v) is 6.01. The maximum atomic E-state index is 13.7. The molecule has 0 N–H and O–H groups in total. The number of hydrogen-bond acceptors (Lipinski definition) is 5. The van der Waals surface area contributed by atoms with Gasteiger partial charge in [-0.2, -0.15) is 0 Å². The predicted octanol–water partition coefficient (Wildman–Crippen LogP) is 7.03. The lowest BCUT2D eigenvalue weighted by atomic mass is 10.2. The van der Waals surface area contributed by atoms with E-state index in [9.17, 15) is 4.79 Å². The van der Waals surface area contributed by atoms with Crippen LogP contribution in [0.15, 0.2) is 94.9 Å². The molecule has 0 atom stereocenters. The minimum absolute atomic E-state index is 0.0598. The third-order valence-corrected chi connectivity index (χ3v) is 8.11. The smallest absolute Gasteiger partial charge is 0.274 e. The molecule has 5 aromatic rings. The number of fused-ring (bicyclic) bond motifs is 1. The highest BCUT2D eigenvalue weighted by atomic mass is 35.5. The Morgan fingerprint density at radius 3 is 2.03 bits per heavy atom. The number of thiazole rings is 1. The highest BCUT2D eigenvalue weighted by Crippen LogP contribution is 2.27. The van der Waals surface area contributed by atoms with Gasteiger partial charge in [0.2, 0.25) is 0 Å². The monoisotopic (exact) mass is 521 g/mol. The van der Waals surface area contributed by atoms with Gasteiger partial charge in [0.05, 0.1) is 13.1 Å². The summed E-state index contributed by atoms with van der Waals surface area (Å²) in [5.74, 6) is 0.674. The van der Waals surface area contributed by atoms with Crippen LogP contribution in [-0.2, 0) is 18.8 Å². The van der Waals surface area contributed by atoms with Crippen LogP contribution in [-0.4, -0.2) is 14.1 Å². The van der Waals surface area contributed by atoms with Gasteiger partial charge in [-0.05, 0) is 41.0 Å². The zero-order valence-electron chi connectivity index (χ0n) is 18.1. The SMILES string of the molecule is O=c1c2sc(=S)n(Cc3ccccc3)c2nc(SCc2ccc(Cl)cc2)n1Cc1ccccc1. The fraction of sp³-hybridized carbons (Fsp3) is 0.115. The van der Waals surface area contributed by atoms with Crippen LogP contribution in [0.5, 0.6) is 0 Å². The van der Waals surface area contributed by atoms with Crippen LogP contribution in [0.1, 0.15) is 16.7 Å². The number of thioether (sulfide) groups is 1. The number of nitrogens with zero attached hydrogens (tertiary/aromatic N) is 3. The molecule has 2 heterocycles. The summed E-state index contributed by atoms with van der Waals surface area (Å²) in [5, 5.41) is 1.37. The summed E-state index contributed by atoms with van der Waals surface area (Å²) in [6.45, 7) is 1.03. The van der Waals surface area contributed by atoms with E-state index >= 15 is 0 Å². The van der Waals surface area contributed by atoms with Crippen molar-refractivity contribution in [1.82, 2.24) is 14.1 Å². The first-order valence-corrected chi connectivity index (χ1v) is 13.3. The summed E-state index contributed by atoms with van der Waals surface area (Å²) in [7, 11) is 0. The minimum Gasteiger partial charge on any atom is -0.303 e. The van der Waals surface area contributed by atoms with Crippen molar-refractivity contribution in [2.75, 3.05) is 0 Å². The molecule has 0 fully saturated rings. The highest BCUT2D eigenvalue weighted by molar-refractivity contribution is 7.98. The van der Waals surface area contributed by atoms with Gasteiger partial charge in [0.25, 0.3) is 5.56 Å². The van der Waals surface area contributed by atoms with Gasteiger partial charge in [0.1, 0.15) is 4.70 Å². The van der Waals surface area contributed by atoms with Gasteiger partial charge in [-0.15, -0.1) is 0 Å². The summed E-state index contributed by atoms with van der Waals surface area (Å²) < 4.78 is 4.96. The van der Waals surface area contributed by atoms with E-state index < -0.39 is 0 Å². The van der Waals surface area contributed by atoms with Crippen LogP contribution in [0.25, 0.3) is 10.3 Å². The zero-order chi connectivity index (χ0) is 23.5. The Bertz CT molecular complexity index is 1540. The molecule has 0 bridgehead atoms. The fourth-order valence-electron chi connectivity index (χ4n) is 3.66.